The molecule has 2 aromatic rings. The average molecular weight is 464 g/mol. The molecule has 6 rings (SSSR count). The van der Waals surface area contributed by atoms with E-state index < -0.39 is 12.1 Å². The lowest BCUT2D eigenvalue weighted by Crippen LogP contribution is -2.58. The number of alkyl halides is 3. The Kier molecular flexibility index (Phi) is 4.56. The number of nitrogen functional groups attached to an aromatic ring is 1. The first kappa shape index (κ1) is 21.2. The van der Waals surface area contributed by atoms with E-state index in [1.165, 1.54) is 24.4 Å². The van der Waals surface area contributed by atoms with Crippen LogP contribution in [0, 0.1) is 17.8 Å². The number of pyridine rings is 1. The van der Waals surface area contributed by atoms with Crippen molar-refractivity contribution in [3.8, 4) is 17.0 Å². The van der Waals surface area contributed by atoms with Gasteiger partial charge in [-0.25, -0.2) is 4.98 Å². The Balaban J connectivity index is 1.31. The van der Waals surface area contributed by atoms with Crippen molar-refractivity contribution in [1.29, 1.82) is 0 Å². The summed E-state index contributed by atoms with van der Waals surface area (Å²) in [5.41, 5.74) is 8.05. The number of rotatable bonds is 5. The van der Waals surface area contributed by atoms with Crippen LogP contribution in [-0.4, -0.2) is 58.4 Å². The second-order valence-electron chi connectivity index (χ2n) is 10.0. The van der Waals surface area contributed by atoms with Gasteiger partial charge in [0.2, 0.25) is 0 Å². The molecule has 4 aliphatic rings. The predicted octanol–water partition coefficient (Wildman–Crippen LogP) is 3.62. The maximum atomic E-state index is 12.8. The zero-order chi connectivity index (χ0) is 23.1. The number of hydrogen-bond acceptors (Lipinski definition) is 6. The van der Waals surface area contributed by atoms with Gasteiger partial charge in [0.05, 0.1) is 12.3 Å². The fourth-order valence-corrected chi connectivity index (χ4v) is 6.91. The topological polar surface area (TPSA) is 78.4 Å². The smallest absolute Gasteiger partial charge is 0.402 e. The van der Waals surface area contributed by atoms with Crippen molar-refractivity contribution in [3.63, 3.8) is 0 Å². The molecule has 1 saturated heterocycles. The number of fused-ring (bicyclic) bond motifs is 1. The summed E-state index contributed by atoms with van der Waals surface area (Å²) < 4.78 is 50.1. The van der Waals surface area contributed by atoms with Gasteiger partial charge in [-0.1, -0.05) is 0 Å². The standard InChI is InChI=1S/C23H28F3N5O2/c1-12(2)31-18(10-16(29-31)13-8-17(21(27)28-11-13)33-23(24,25)26)22-14-9-15(22)20(19(14)22)30-4-3-6-32-7-5-30/h8,10-12,14-15,19-20H,3-7,9H2,1-2H3,(H2,27,28)/t14-,15?,19?,20?,22+/m0/s1. The molecule has 0 amide bonds. The van der Waals surface area contributed by atoms with Gasteiger partial charge in [0.1, 0.15) is 0 Å². The van der Waals surface area contributed by atoms with Crippen molar-refractivity contribution in [2.75, 3.05) is 32.0 Å². The molecule has 178 valence electrons. The highest BCUT2D eigenvalue weighted by molar-refractivity contribution is 5.66. The lowest BCUT2D eigenvalue weighted by molar-refractivity contribution is -0.274. The van der Waals surface area contributed by atoms with Gasteiger partial charge in [0.25, 0.3) is 0 Å². The summed E-state index contributed by atoms with van der Waals surface area (Å²) in [6.45, 7) is 7.90. The first-order chi connectivity index (χ1) is 15.7. The Morgan fingerprint density at radius 1 is 1.21 bits per heavy atom. The third-order valence-electron chi connectivity index (χ3n) is 8.14. The van der Waals surface area contributed by atoms with E-state index in [1.807, 2.05) is 6.07 Å². The van der Waals surface area contributed by atoms with Crippen molar-refractivity contribution >= 4 is 5.82 Å². The molecule has 5 atom stereocenters. The minimum Gasteiger partial charge on any atom is -0.402 e. The van der Waals surface area contributed by atoms with E-state index >= 15 is 0 Å². The van der Waals surface area contributed by atoms with Gasteiger partial charge in [-0.3, -0.25) is 9.58 Å². The Hall–Kier alpha value is -2.33. The summed E-state index contributed by atoms with van der Waals surface area (Å²) in [6.07, 6.45) is -1.05. The molecule has 0 bridgehead atoms. The van der Waals surface area contributed by atoms with E-state index in [0.29, 0.717) is 35.1 Å². The van der Waals surface area contributed by atoms with Crippen LogP contribution in [0.25, 0.3) is 11.3 Å². The lowest BCUT2D eigenvalue weighted by atomic mass is 9.60. The Morgan fingerprint density at radius 3 is 2.76 bits per heavy atom. The minimum atomic E-state index is -4.84. The molecular formula is C23H28F3N5O2. The van der Waals surface area contributed by atoms with Gasteiger partial charge >= 0.3 is 6.36 Å². The fraction of sp³-hybridized carbons (Fsp3) is 0.652. The van der Waals surface area contributed by atoms with Crippen LogP contribution in [0.4, 0.5) is 19.0 Å². The lowest BCUT2D eigenvalue weighted by Gasteiger charge is -2.51. The van der Waals surface area contributed by atoms with Crippen molar-refractivity contribution < 1.29 is 22.6 Å². The van der Waals surface area contributed by atoms with Gasteiger partial charge in [0, 0.05) is 54.6 Å². The van der Waals surface area contributed by atoms with Crippen LogP contribution in [0.2, 0.25) is 0 Å². The summed E-state index contributed by atoms with van der Waals surface area (Å²) in [5.74, 6) is 1.12. The van der Waals surface area contributed by atoms with Crippen LogP contribution in [0.5, 0.6) is 5.75 Å². The van der Waals surface area contributed by atoms with E-state index in [-0.39, 0.29) is 17.3 Å². The van der Waals surface area contributed by atoms with Crippen LogP contribution in [0.3, 0.4) is 0 Å². The number of anilines is 1. The number of aromatic nitrogens is 3. The number of nitrogens with zero attached hydrogens (tertiary/aromatic N) is 4. The maximum Gasteiger partial charge on any atom is 0.573 e. The van der Waals surface area contributed by atoms with Crippen molar-refractivity contribution in [3.05, 3.63) is 24.0 Å². The molecule has 0 radical (unpaired) electrons. The van der Waals surface area contributed by atoms with Crippen molar-refractivity contribution in [2.24, 2.45) is 17.8 Å². The largest absolute Gasteiger partial charge is 0.573 e. The Morgan fingerprint density at radius 2 is 2.03 bits per heavy atom. The molecule has 3 saturated carbocycles. The molecule has 1 aliphatic heterocycles. The zero-order valence-electron chi connectivity index (χ0n) is 18.7. The first-order valence-corrected chi connectivity index (χ1v) is 11.6. The van der Waals surface area contributed by atoms with E-state index in [4.69, 9.17) is 15.6 Å². The van der Waals surface area contributed by atoms with Crippen molar-refractivity contribution in [1.82, 2.24) is 19.7 Å². The van der Waals surface area contributed by atoms with E-state index in [1.54, 1.807) is 0 Å². The molecule has 2 aromatic heterocycles. The molecule has 33 heavy (non-hydrogen) atoms. The van der Waals surface area contributed by atoms with E-state index in [2.05, 4.69) is 33.2 Å². The van der Waals surface area contributed by atoms with Gasteiger partial charge < -0.3 is 15.2 Å². The summed E-state index contributed by atoms with van der Waals surface area (Å²) in [5, 5.41) is 4.79. The SMILES string of the molecule is CC(C)n1nc(-c2cnc(N)c(OC(F)(F)F)c2)cc1[C@]12C3C[C@H]1C2C3N1CCCOCC1. The predicted molar refractivity (Wildman–Crippen MR) is 115 cm³/mol. The van der Waals surface area contributed by atoms with Gasteiger partial charge in [-0.2, -0.15) is 5.10 Å². The molecular weight excluding hydrogens is 435 g/mol. The number of nitrogens with two attached hydrogens (primary N) is 1. The second-order valence-corrected chi connectivity index (χ2v) is 10.0. The highest BCUT2D eigenvalue weighted by atomic mass is 19.4. The fourth-order valence-electron chi connectivity index (χ4n) is 6.91. The first-order valence-electron chi connectivity index (χ1n) is 11.6. The zero-order valence-corrected chi connectivity index (χ0v) is 18.7. The normalized spacial score (nSPS) is 33.2. The third-order valence-corrected chi connectivity index (χ3v) is 8.14. The quantitative estimate of drug-likeness (QED) is 0.730. The number of ether oxygens (including phenoxy) is 2. The van der Waals surface area contributed by atoms with Crippen LogP contribution in [-0.2, 0) is 10.2 Å². The summed E-state index contributed by atoms with van der Waals surface area (Å²) >= 11 is 0. The van der Waals surface area contributed by atoms with Gasteiger partial charge in [0.15, 0.2) is 11.6 Å². The molecule has 10 heteroatoms. The Bertz CT molecular complexity index is 1070. The second kappa shape index (κ2) is 7.09. The molecule has 3 aliphatic carbocycles. The molecule has 0 spiro atoms. The molecule has 3 unspecified atom stereocenters. The summed E-state index contributed by atoms with van der Waals surface area (Å²) in [4.78, 5) is 6.54. The molecule has 7 nitrogen and oxygen atoms in total. The highest BCUT2D eigenvalue weighted by Crippen LogP contribution is 2.87. The number of hydrogen-bond donors (Lipinski definition) is 1. The van der Waals surface area contributed by atoms with Crippen LogP contribution < -0.4 is 10.5 Å². The van der Waals surface area contributed by atoms with Gasteiger partial charge in [-0.05, 0) is 56.6 Å². The summed E-state index contributed by atoms with van der Waals surface area (Å²) in [6, 6.07) is 4.07. The van der Waals surface area contributed by atoms with Crippen LogP contribution >= 0.6 is 0 Å². The van der Waals surface area contributed by atoms with Gasteiger partial charge in [-0.15, -0.1) is 13.2 Å². The van der Waals surface area contributed by atoms with Crippen molar-refractivity contribution in [2.45, 2.75) is 50.6 Å². The number of halogens is 3. The molecule has 3 heterocycles. The molecule has 0 aromatic carbocycles. The maximum absolute atomic E-state index is 12.8. The highest BCUT2D eigenvalue weighted by Gasteiger charge is 2.90. The third kappa shape index (κ3) is 3.02. The average Bonchev–Trinajstić information content (AvgIpc) is 3.05. The van der Waals surface area contributed by atoms with E-state index in [9.17, 15) is 13.2 Å². The molecule has 2 N–H and O–H groups in total. The summed E-state index contributed by atoms with van der Waals surface area (Å²) in [7, 11) is 0. The monoisotopic (exact) mass is 463 g/mol. The van der Waals surface area contributed by atoms with Crippen LogP contribution in [0.1, 0.15) is 38.4 Å². The molecule has 4 fully saturated rings. The van der Waals surface area contributed by atoms with E-state index in [0.717, 1.165) is 32.7 Å². The Labute approximate surface area is 190 Å². The van der Waals surface area contributed by atoms with Crippen LogP contribution in [0.15, 0.2) is 18.3 Å². The minimum absolute atomic E-state index is 0.141.